The number of alkyl halides is 3. The number of ether oxygens (including phenoxy) is 1. The van der Waals surface area contributed by atoms with Gasteiger partial charge in [0, 0.05) is 32.4 Å². The van der Waals surface area contributed by atoms with Gasteiger partial charge in [0.2, 0.25) is 0 Å². The lowest BCUT2D eigenvalue weighted by atomic mass is 10.2. The van der Waals surface area contributed by atoms with Gasteiger partial charge >= 0.3 is 6.18 Å². The van der Waals surface area contributed by atoms with Crippen LogP contribution in [0.4, 0.5) is 19.0 Å². The van der Waals surface area contributed by atoms with Crippen molar-refractivity contribution in [3.8, 4) is 6.07 Å². The molecule has 0 bridgehead atoms. The summed E-state index contributed by atoms with van der Waals surface area (Å²) < 4.78 is 41.0. The Morgan fingerprint density at radius 1 is 1.38 bits per heavy atom. The summed E-state index contributed by atoms with van der Waals surface area (Å²) in [4.78, 5) is 19.7. The zero-order chi connectivity index (χ0) is 17.7. The van der Waals surface area contributed by atoms with E-state index in [1.807, 2.05) is 11.0 Å². The van der Waals surface area contributed by atoms with E-state index in [0.717, 1.165) is 0 Å². The second kappa shape index (κ2) is 7.49. The van der Waals surface area contributed by atoms with Crippen molar-refractivity contribution in [2.75, 3.05) is 37.7 Å². The van der Waals surface area contributed by atoms with Crippen molar-refractivity contribution < 1.29 is 22.7 Å². The van der Waals surface area contributed by atoms with Crippen molar-refractivity contribution in [2.45, 2.75) is 19.2 Å². The van der Waals surface area contributed by atoms with Crippen LogP contribution in [-0.4, -0.2) is 60.9 Å². The summed E-state index contributed by atoms with van der Waals surface area (Å²) in [6, 6.07) is 5.37. The predicted octanol–water partition coefficient (Wildman–Crippen LogP) is 1.57. The summed E-state index contributed by atoms with van der Waals surface area (Å²) in [5.41, 5.74) is 0.461. The van der Waals surface area contributed by atoms with Crippen molar-refractivity contribution in [3.63, 3.8) is 0 Å². The molecule has 0 saturated carbocycles. The summed E-state index contributed by atoms with van der Waals surface area (Å²) in [5.74, 6) is 0.245. The van der Waals surface area contributed by atoms with Crippen LogP contribution in [0.3, 0.4) is 0 Å². The number of carbonyl (C=O) groups excluding carboxylic acids is 1. The van der Waals surface area contributed by atoms with Crippen molar-refractivity contribution in [1.29, 1.82) is 5.26 Å². The number of halogens is 3. The Balaban J connectivity index is 1.85. The topological polar surface area (TPSA) is 69.5 Å². The van der Waals surface area contributed by atoms with Crippen LogP contribution >= 0.6 is 0 Å². The Morgan fingerprint density at radius 3 is 2.54 bits per heavy atom. The minimum atomic E-state index is -4.45. The molecule has 2 rings (SSSR count). The van der Waals surface area contributed by atoms with E-state index < -0.39 is 24.8 Å². The fourth-order valence-corrected chi connectivity index (χ4v) is 2.34. The first-order valence-corrected chi connectivity index (χ1v) is 7.38. The molecule has 1 amide bonds. The van der Waals surface area contributed by atoms with Crippen molar-refractivity contribution >= 4 is 11.7 Å². The molecule has 1 unspecified atom stereocenters. The Bertz CT molecular complexity index is 605. The Morgan fingerprint density at radius 2 is 2.04 bits per heavy atom. The molecule has 6 nitrogen and oxygen atoms in total. The fourth-order valence-electron chi connectivity index (χ4n) is 2.34. The van der Waals surface area contributed by atoms with Gasteiger partial charge in [-0.2, -0.15) is 18.4 Å². The predicted molar refractivity (Wildman–Crippen MR) is 79.2 cm³/mol. The van der Waals surface area contributed by atoms with Gasteiger partial charge in [-0.15, -0.1) is 0 Å². The van der Waals surface area contributed by atoms with Crippen LogP contribution in [-0.2, 0) is 9.53 Å². The Kier molecular flexibility index (Phi) is 5.62. The molecule has 1 aliphatic rings. The van der Waals surface area contributed by atoms with Gasteiger partial charge in [0.25, 0.3) is 5.91 Å². The van der Waals surface area contributed by atoms with E-state index in [0.29, 0.717) is 37.6 Å². The quantitative estimate of drug-likeness (QED) is 0.831. The number of aromatic nitrogens is 1. The minimum Gasteiger partial charge on any atom is -0.359 e. The average Bonchev–Trinajstić information content (AvgIpc) is 2.58. The lowest BCUT2D eigenvalue weighted by molar-refractivity contribution is -0.188. The van der Waals surface area contributed by atoms with Gasteiger partial charge in [-0.3, -0.25) is 4.79 Å². The summed E-state index contributed by atoms with van der Waals surface area (Å²) in [7, 11) is 0. The highest BCUT2D eigenvalue weighted by atomic mass is 19.4. The zero-order valence-electron chi connectivity index (χ0n) is 13.1. The van der Waals surface area contributed by atoms with Crippen LogP contribution in [0.15, 0.2) is 18.3 Å². The molecule has 130 valence electrons. The highest BCUT2D eigenvalue weighted by Gasteiger charge is 2.32. The van der Waals surface area contributed by atoms with Crippen molar-refractivity contribution in [3.05, 3.63) is 23.9 Å². The molecule has 1 aromatic heterocycles. The lowest BCUT2D eigenvalue weighted by Gasteiger charge is -2.36. The molecule has 1 aromatic rings. The largest absolute Gasteiger partial charge is 0.411 e. The second-order valence-corrected chi connectivity index (χ2v) is 5.40. The zero-order valence-corrected chi connectivity index (χ0v) is 13.1. The second-order valence-electron chi connectivity index (χ2n) is 5.40. The fraction of sp³-hybridized carbons (Fsp3) is 0.533. The Hall–Kier alpha value is -2.34. The van der Waals surface area contributed by atoms with Gasteiger partial charge in [-0.25, -0.2) is 4.98 Å². The molecule has 9 heteroatoms. The average molecular weight is 342 g/mol. The maximum atomic E-state index is 12.1. The summed E-state index contributed by atoms with van der Waals surface area (Å²) in [5, 5.41) is 8.75. The first kappa shape index (κ1) is 18.0. The standard InChI is InChI=1S/C15H17F3N4O2/c1-11(24-10-15(16,17)18)14(23)22-6-4-21(5-7-22)13-3-2-12(8-19)9-20-13/h2-3,9,11H,4-7,10H2,1H3. The molecule has 2 heterocycles. The van der Waals surface area contributed by atoms with Crippen LogP contribution in [0.5, 0.6) is 0 Å². The number of hydrogen-bond donors (Lipinski definition) is 0. The van der Waals surface area contributed by atoms with E-state index in [4.69, 9.17) is 5.26 Å². The van der Waals surface area contributed by atoms with Gasteiger partial charge in [0.1, 0.15) is 24.6 Å². The molecular formula is C15H17F3N4O2. The number of hydrogen-bond acceptors (Lipinski definition) is 5. The normalized spacial score (nSPS) is 16.6. The minimum absolute atomic E-state index is 0.375. The monoisotopic (exact) mass is 342 g/mol. The third-order valence-corrected chi connectivity index (χ3v) is 3.64. The van der Waals surface area contributed by atoms with Gasteiger partial charge in [-0.1, -0.05) is 0 Å². The molecule has 0 radical (unpaired) electrons. The van der Waals surface area contributed by atoms with Crippen LogP contribution < -0.4 is 4.90 Å². The van der Waals surface area contributed by atoms with E-state index in [-0.39, 0.29) is 0 Å². The SMILES string of the molecule is CC(OCC(F)(F)F)C(=O)N1CCN(c2ccc(C#N)cn2)CC1. The van der Waals surface area contributed by atoms with Gasteiger partial charge in [-0.05, 0) is 19.1 Å². The molecule has 1 aliphatic heterocycles. The third-order valence-electron chi connectivity index (χ3n) is 3.64. The first-order valence-electron chi connectivity index (χ1n) is 7.38. The molecule has 0 aliphatic carbocycles. The molecule has 0 aromatic carbocycles. The number of amides is 1. The van der Waals surface area contributed by atoms with Crippen LogP contribution in [0.2, 0.25) is 0 Å². The van der Waals surface area contributed by atoms with Crippen LogP contribution in [0.25, 0.3) is 0 Å². The van der Waals surface area contributed by atoms with Crippen molar-refractivity contribution in [2.24, 2.45) is 0 Å². The molecule has 24 heavy (non-hydrogen) atoms. The molecule has 0 N–H and O–H groups in total. The number of pyridine rings is 1. The van der Waals surface area contributed by atoms with E-state index in [9.17, 15) is 18.0 Å². The molecule has 1 atom stereocenters. The third kappa shape index (κ3) is 4.83. The lowest BCUT2D eigenvalue weighted by Crippen LogP contribution is -2.51. The van der Waals surface area contributed by atoms with E-state index in [1.165, 1.54) is 18.0 Å². The van der Waals surface area contributed by atoms with Gasteiger partial charge in [0.05, 0.1) is 5.56 Å². The van der Waals surface area contributed by atoms with E-state index in [1.54, 1.807) is 12.1 Å². The summed E-state index contributed by atoms with van der Waals surface area (Å²) in [6.07, 6.45) is -4.11. The first-order chi connectivity index (χ1) is 11.3. The molecule has 0 spiro atoms. The highest BCUT2D eigenvalue weighted by Crippen LogP contribution is 2.17. The van der Waals surface area contributed by atoms with Crippen molar-refractivity contribution in [1.82, 2.24) is 9.88 Å². The maximum Gasteiger partial charge on any atom is 0.411 e. The smallest absolute Gasteiger partial charge is 0.359 e. The number of nitriles is 1. The summed E-state index contributed by atoms with van der Waals surface area (Å²) in [6.45, 7) is 1.66. The molecular weight excluding hydrogens is 325 g/mol. The Labute approximate surface area is 137 Å². The number of nitrogens with zero attached hydrogens (tertiary/aromatic N) is 4. The van der Waals surface area contributed by atoms with E-state index in [2.05, 4.69) is 9.72 Å². The number of rotatable bonds is 4. The van der Waals surface area contributed by atoms with Gasteiger partial charge < -0.3 is 14.5 Å². The molecule has 1 fully saturated rings. The number of carbonyl (C=O) groups is 1. The summed E-state index contributed by atoms with van der Waals surface area (Å²) >= 11 is 0. The highest BCUT2D eigenvalue weighted by molar-refractivity contribution is 5.80. The van der Waals surface area contributed by atoms with Gasteiger partial charge in [0.15, 0.2) is 0 Å². The van der Waals surface area contributed by atoms with E-state index >= 15 is 0 Å². The maximum absolute atomic E-state index is 12.1. The number of piperazine rings is 1. The molecule has 1 saturated heterocycles. The number of anilines is 1. The van der Waals surface area contributed by atoms with Crippen LogP contribution in [0, 0.1) is 11.3 Å². The van der Waals surface area contributed by atoms with Crippen LogP contribution in [0.1, 0.15) is 12.5 Å².